The van der Waals surface area contributed by atoms with Gasteiger partial charge in [0.15, 0.2) is 0 Å². The van der Waals surface area contributed by atoms with Crippen LogP contribution in [-0.2, 0) is 6.54 Å². The van der Waals surface area contributed by atoms with Crippen LogP contribution >= 0.6 is 34.8 Å². The van der Waals surface area contributed by atoms with Gasteiger partial charge in [-0.15, -0.1) is 0 Å². The summed E-state index contributed by atoms with van der Waals surface area (Å²) >= 11 is 17.8. The molecule has 0 radical (unpaired) electrons. The Bertz CT molecular complexity index is 605. The molecule has 0 aliphatic carbocycles. The third-order valence-electron chi connectivity index (χ3n) is 2.56. The molecule has 0 saturated carbocycles. The zero-order valence-corrected chi connectivity index (χ0v) is 13.1. The van der Waals surface area contributed by atoms with E-state index in [4.69, 9.17) is 39.5 Å². The Morgan fingerprint density at radius 3 is 2.70 bits per heavy atom. The Morgan fingerprint density at radius 2 is 1.95 bits per heavy atom. The van der Waals surface area contributed by atoms with Crippen molar-refractivity contribution in [2.45, 2.75) is 13.5 Å². The van der Waals surface area contributed by atoms with E-state index in [1.54, 1.807) is 6.07 Å². The zero-order valence-electron chi connectivity index (χ0n) is 10.8. The molecule has 1 aromatic carbocycles. The molecular weight excluding hydrogens is 319 g/mol. The van der Waals surface area contributed by atoms with Crippen LogP contribution < -0.4 is 10.1 Å². The Balaban J connectivity index is 2.08. The molecule has 0 aliphatic rings. The van der Waals surface area contributed by atoms with Gasteiger partial charge >= 0.3 is 0 Å². The lowest BCUT2D eigenvalue weighted by Crippen LogP contribution is -2.03. The normalized spacial score (nSPS) is 10.4. The van der Waals surface area contributed by atoms with Gasteiger partial charge in [-0.05, 0) is 30.7 Å². The predicted octanol–water partition coefficient (Wildman–Crippen LogP) is 5.05. The molecule has 2 aromatic rings. The fourth-order valence-corrected chi connectivity index (χ4v) is 2.23. The smallest absolute Gasteiger partial charge is 0.150 e. The lowest BCUT2D eigenvalue weighted by molar-refractivity contribution is 0.340. The highest BCUT2D eigenvalue weighted by Crippen LogP contribution is 2.29. The first-order valence-corrected chi connectivity index (χ1v) is 7.20. The highest BCUT2D eigenvalue weighted by Gasteiger charge is 2.07. The summed E-state index contributed by atoms with van der Waals surface area (Å²) in [5.74, 6) is 1.34. The minimum Gasteiger partial charge on any atom is -0.494 e. The van der Waals surface area contributed by atoms with Gasteiger partial charge in [0, 0.05) is 6.54 Å². The van der Waals surface area contributed by atoms with E-state index in [9.17, 15) is 0 Å². The molecule has 106 valence electrons. The van der Waals surface area contributed by atoms with Crippen LogP contribution in [0.1, 0.15) is 12.5 Å². The Kier molecular flexibility index (Phi) is 5.35. The number of aromatic nitrogens is 1. The quantitative estimate of drug-likeness (QED) is 0.778. The van der Waals surface area contributed by atoms with E-state index in [2.05, 4.69) is 10.3 Å². The van der Waals surface area contributed by atoms with Crippen molar-refractivity contribution in [2.24, 2.45) is 0 Å². The maximum Gasteiger partial charge on any atom is 0.150 e. The highest BCUT2D eigenvalue weighted by atomic mass is 35.5. The lowest BCUT2D eigenvalue weighted by atomic mass is 10.2. The van der Waals surface area contributed by atoms with Crippen molar-refractivity contribution in [3.63, 3.8) is 0 Å². The van der Waals surface area contributed by atoms with Crippen molar-refractivity contribution in [3.8, 4) is 5.75 Å². The molecule has 0 saturated heterocycles. The van der Waals surface area contributed by atoms with Crippen LogP contribution in [0.15, 0.2) is 30.3 Å². The number of ether oxygens (including phenoxy) is 1. The number of benzene rings is 1. The summed E-state index contributed by atoms with van der Waals surface area (Å²) in [5.41, 5.74) is 1.06. The molecule has 0 atom stereocenters. The molecule has 2 rings (SSSR count). The number of hydrogen-bond donors (Lipinski definition) is 1. The second-order valence-corrected chi connectivity index (χ2v) is 5.20. The van der Waals surface area contributed by atoms with Gasteiger partial charge in [0.2, 0.25) is 0 Å². The summed E-state index contributed by atoms with van der Waals surface area (Å²) in [7, 11) is 0. The van der Waals surface area contributed by atoms with Crippen molar-refractivity contribution in [3.05, 3.63) is 51.1 Å². The van der Waals surface area contributed by atoms with Gasteiger partial charge in [-0.2, -0.15) is 0 Å². The van der Waals surface area contributed by atoms with E-state index >= 15 is 0 Å². The Morgan fingerprint density at radius 1 is 1.15 bits per heavy atom. The molecule has 1 aromatic heterocycles. The first-order valence-electron chi connectivity index (χ1n) is 6.07. The molecule has 0 bridgehead atoms. The first kappa shape index (κ1) is 15.2. The fourth-order valence-electron chi connectivity index (χ4n) is 1.67. The van der Waals surface area contributed by atoms with E-state index in [0.29, 0.717) is 29.0 Å². The van der Waals surface area contributed by atoms with Crippen molar-refractivity contribution >= 4 is 40.6 Å². The SMILES string of the molecule is CCOc1cccc(CNc2nc(Cl)c(Cl)cc2Cl)c1. The third kappa shape index (κ3) is 3.92. The monoisotopic (exact) mass is 330 g/mol. The molecule has 1 N–H and O–H groups in total. The molecule has 1 heterocycles. The standard InChI is InChI=1S/C14H13Cl3N2O/c1-2-20-10-5-3-4-9(6-10)8-18-14-12(16)7-11(15)13(17)19-14/h3-7H,2,8H2,1H3,(H,18,19). The largest absolute Gasteiger partial charge is 0.494 e. The van der Waals surface area contributed by atoms with E-state index < -0.39 is 0 Å². The number of pyridine rings is 1. The van der Waals surface area contributed by atoms with Gasteiger partial charge in [0.05, 0.1) is 16.7 Å². The second-order valence-electron chi connectivity index (χ2n) is 4.03. The van der Waals surface area contributed by atoms with E-state index in [1.807, 2.05) is 31.2 Å². The van der Waals surface area contributed by atoms with Crippen LogP contribution in [0.5, 0.6) is 5.75 Å². The van der Waals surface area contributed by atoms with E-state index in [-0.39, 0.29) is 5.15 Å². The van der Waals surface area contributed by atoms with Crippen LogP contribution in [0.2, 0.25) is 15.2 Å². The average molecular weight is 332 g/mol. The summed E-state index contributed by atoms with van der Waals surface area (Å²) < 4.78 is 5.45. The maximum atomic E-state index is 6.06. The molecular formula is C14H13Cl3N2O. The number of nitrogens with zero attached hydrogens (tertiary/aromatic N) is 1. The average Bonchev–Trinajstić information content (AvgIpc) is 2.42. The Labute approximate surface area is 132 Å². The van der Waals surface area contributed by atoms with Crippen molar-refractivity contribution in [2.75, 3.05) is 11.9 Å². The molecule has 0 fully saturated rings. The third-order valence-corrected chi connectivity index (χ3v) is 3.52. The van der Waals surface area contributed by atoms with Crippen molar-refractivity contribution in [1.82, 2.24) is 4.98 Å². The number of anilines is 1. The van der Waals surface area contributed by atoms with Gasteiger partial charge in [0.1, 0.15) is 16.7 Å². The topological polar surface area (TPSA) is 34.1 Å². The minimum atomic E-state index is 0.224. The van der Waals surface area contributed by atoms with Gasteiger partial charge in [-0.1, -0.05) is 46.9 Å². The van der Waals surface area contributed by atoms with Crippen LogP contribution in [0.4, 0.5) is 5.82 Å². The summed E-state index contributed by atoms with van der Waals surface area (Å²) in [5, 5.41) is 4.11. The Hall–Kier alpha value is -1.16. The molecule has 3 nitrogen and oxygen atoms in total. The van der Waals surface area contributed by atoms with Gasteiger partial charge in [0.25, 0.3) is 0 Å². The van der Waals surface area contributed by atoms with Gasteiger partial charge < -0.3 is 10.1 Å². The van der Waals surface area contributed by atoms with Crippen LogP contribution in [0.25, 0.3) is 0 Å². The predicted molar refractivity (Wildman–Crippen MR) is 84.2 cm³/mol. The number of nitrogens with one attached hydrogen (secondary N) is 1. The minimum absolute atomic E-state index is 0.224. The molecule has 6 heteroatoms. The van der Waals surface area contributed by atoms with Crippen molar-refractivity contribution < 1.29 is 4.74 Å². The zero-order chi connectivity index (χ0) is 14.5. The van der Waals surface area contributed by atoms with Crippen LogP contribution in [0, 0.1) is 0 Å². The molecule has 0 spiro atoms. The lowest BCUT2D eigenvalue weighted by Gasteiger charge is -2.10. The fraction of sp³-hybridized carbons (Fsp3) is 0.214. The molecule has 0 unspecified atom stereocenters. The summed E-state index contributed by atoms with van der Waals surface area (Å²) in [6.45, 7) is 3.15. The number of rotatable bonds is 5. The van der Waals surface area contributed by atoms with Gasteiger partial charge in [-0.25, -0.2) is 4.98 Å². The van der Waals surface area contributed by atoms with Crippen molar-refractivity contribution in [1.29, 1.82) is 0 Å². The highest BCUT2D eigenvalue weighted by molar-refractivity contribution is 6.42. The summed E-state index contributed by atoms with van der Waals surface area (Å²) in [6, 6.07) is 9.36. The summed E-state index contributed by atoms with van der Waals surface area (Å²) in [6.07, 6.45) is 0. The maximum absolute atomic E-state index is 6.06. The molecule has 20 heavy (non-hydrogen) atoms. The van der Waals surface area contributed by atoms with E-state index in [1.165, 1.54) is 0 Å². The number of hydrogen-bond acceptors (Lipinski definition) is 3. The van der Waals surface area contributed by atoms with Crippen LogP contribution in [0.3, 0.4) is 0 Å². The molecule has 0 aliphatic heterocycles. The summed E-state index contributed by atoms with van der Waals surface area (Å²) in [4.78, 5) is 4.11. The van der Waals surface area contributed by atoms with Crippen LogP contribution in [-0.4, -0.2) is 11.6 Å². The first-order chi connectivity index (χ1) is 9.60. The molecule has 0 amide bonds. The van der Waals surface area contributed by atoms with Gasteiger partial charge in [-0.3, -0.25) is 0 Å². The number of halogens is 3. The van der Waals surface area contributed by atoms with E-state index in [0.717, 1.165) is 11.3 Å². The second kappa shape index (κ2) is 7.02.